The molecular weight excluding hydrogens is 379 g/mol. The average molecular weight is 409 g/mol. The molecule has 1 saturated heterocycles. The Morgan fingerprint density at radius 2 is 1.93 bits per heavy atom. The minimum Gasteiger partial charge on any atom is -0.350 e. The SMILES string of the molecule is CC(C)CC1CN(C(=O)C2CC2c2ccc(Cl)cc2F)C(CC(C)C)C(=O)N1. The number of halogens is 2. The van der Waals surface area contributed by atoms with E-state index in [0.29, 0.717) is 41.8 Å². The molecule has 4 atom stereocenters. The van der Waals surface area contributed by atoms with Crippen molar-refractivity contribution in [2.24, 2.45) is 17.8 Å². The second kappa shape index (κ2) is 8.40. The number of nitrogens with zero attached hydrogens (tertiary/aromatic N) is 1. The van der Waals surface area contributed by atoms with Crippen LogP contribution in [0.4, 0.5) is 4.39 Å². The quantitative estimate of drug-likeness (QED) is 0.759. The van der Waals surface area contributed by atoms with Crippen LogP contribution >= 0.6 is 11.6 Å². The molecule has 1 N–H and O–H groups in total. The highest BCUT2D eigenvalue weighted by atomic mass is 35.5. The van der Waals surface area contributed by atoms with Gasteiger partial charge in [-0.05, 0) is 54.7 Å². The Morgan fingerprint density at radius 3 is 2.54 bits per heavy atom. The van der Waals surface area contributed by atoms with Crippen LogP contribution in [0.15, 0.2) is 18.2 Å². The van der Waals surface area contributed by atoms with Gasteiger partial charge in [0.05, 0.1) is 0 Å². The van der Waals surface area contributed by atoms with Crippen molar-refractivity contribution in [2.75, 3.05) is 6.54 Å². The van der Waals surface area contributed by atoms with Crippen LogP contribution in [0.5, 0.6) is 0 Å². The summed E-state index contributed by atoms with van der Waals surface area (Å²) in [6, 6.07) is 4.17. The van der Waals surface area contributed by atoms with Crippen LogP contribution in [-0.4, -0.2) is 35.3 Å². The average Bonchev–Trinajstić information content (AvgIpc) is 3.36. The topological polar surface area (TPSA) is 49.4 Å². The minimum absolute atomic E-state index is 0.0198. The summed E-state index contributed by atoms with van der Waals surface area (Å²) < 4.78 is 14.3. The van der Waals surface area contributed by atoms with Gasteiger partial charge in [-0.2, -0.15) is 0 Å². The molecular formula is C22H30ClFN2O2. The van der Waals surface area contributed by atoms with Gasteiger partial charge in [0.15, 0.2) is 0 Å². The summed E-state index contributed by atoms with van der Waals surface area (Å²) in [5.41, 5.74) is 0.545. The number of rotatable bonds is 6. The minimum atomic E-state index is -0.438. The zero-order valence-electron chi connectivity index (χ0n) is 17.0. The zero-order chi connectivity index (χ0) is 20.6. The molecule has 0 spiro atoms. The van der Waals surface area contributed by atoms with Crippen molar-refractivity contribution in [3.8, 4) is 0 Å². The van der Waals surface area contributed by atoms with Crippen LogP contribution in [0, 0.1) is 23.6 Å². The molecule has 2 aliphatic rings. The number of piperazine rings is 1. The Bertz CT molecular complexity index is 752. The van der Waals surface area contributed by atoms with Gasteiger partial charge in [-0.1, -0.05) is 45.4 Å². The second-order valence-electron chi connectivity index (χ2n) is 9.09. The number of benzene rings is 1. The van der Waals surface area contributed by atoms with E-state index in [1.54, 1.807) is 17.0 Å². The van der Waals surface area contributed by atoms with E-state index >= 15 is 0 Å². The van der Waals surface area contributed by atoms with Gasteiger partial charge in [-0.15, -0.1) is 0 Å². The third kappa shape index (κ3) is 4.68. The van der Waals surface area contributed by atoms with E-state index in [4.69, 9.17) is 11.6 Å². The first kappa shape index (κ1) is 21.1. The van der Waals surface area contributed by atoms with Gasteiger partial charge in [-0.3, -0.25) is 9.59 Å². The van der Waals surface area contributed by atoms with Crippen molar-refractivity contribution in [1.82, 2.24) is 10.2 Å². The molecule has 1 saturated carbocycles. The maximum atomic E-state index is 14.3. The van der Waals surface area contributed by atoms with Crippen LogP contribution in [-0.2, 0) is 9.59 Å². The Labute approximate surface area is 171 Å². The molecule has 6 heteroatoms. The normalized spacial score (nSPS) is 27.3. The highest BCUT2D eigenvalue weighted by Crippen LogP contribution is 2.50. The van der Waals surface area contributed by atoms with Gasteiger partial charge in [-0.25, -0.2) is 4.39 Å². The Morgan fingerprint density at radius 1 is 1.25 bits per heavy atom. The molecule has 3 rings (SSSR count). The summed E-state index contributed by atoms with van der Waals surface area (Å²) in [6.45, 7) is 8.86. The molecule has 1 aliphatic carbocycles. The predicted octanol–water partition coefficient (Wildman–Crippen LogP) is 4.37. The molecule has 2 amide bonds. The number of hydrogen-bond donors (Lipinski definition) is 1. The summed E-state index contributed by atoms with van der Waals surface area (Å²) >= 11 is 5.84. The van der Waals surface area contributed by atoms with Crippen molar-refractivity contribution in [1.29, 1.82) is 0 Å². The largest absolute Gasteiger partial charge is 0.350 e. The lowest BCUT2D eigenvalue weighted by molar-refractivity contribution is -0.146. The molecule has 2 fully saturated rings. The van der Waals surface area contributed by atoms with Crippen molar-refractivity contribution in [3.63, 3.8) is 0 Å². The van der Waals surface area contributed by atoms with Gasteiger partial charge in [0.2, 0.25) is 11.8 Å². The monoisotopic (exact) mass is 408 g/mol. The van der Waals surface area contributed by atoms with Crippen molar-refractivity contribution >= 4 is 23.4 Å². The molecule has 1 aliphatic heterocycles. The van der Waals surface area contributed by atoms with E-state index in [-0.39, 0.29) is 35.5 Å². The summed E-state index contributed by atoms with van der Waals surface area (Å²) in [5, 5.41) is 3.45. The lowest BCUT2D eigenvalue weighted by atomic mass is 9.94. The van der Waals surface area contributed by atoms with E-state index in [0.717, 1.165) is 6.42 Å². The van der Waals surface area contributed by atoms with Crippen molar-refractivity contribution < 1.29 is 14.0 Å². The molecule has 0 radical (unpaired) electrons. The number of carbonyl (C=O) groups excluding carboxylic acids is 2. The smallest absolute Gasteiger partial charge is 0.243 e. The van der Waals surface area contributed by atoms with Gasteiger partial charge >= 0.3 is 0 Å². The maximum absolute atomic E-state index is 14.3. The van der Waals surface area contributed by atoms with Gasteiger partial charge in [0, 0.05) is 23.5 Å². The third-order valence-corrected chi connectivity index (χ3v) is 5.88. The predicted molar refractivity (Wildman–Crippen MR) is 109 cm³/mol. The van der Waals surface area contributed by atoms with Gasteiger partial charge in [0.25, 0.3) is 0 Å². The number of amides is 2. The second-order valence-corrected chi connectivity index (χ2v) is 9.52. The molecule has 1 aromatic carbocycles. The first-order chi connectivity index (χ1) is 13.2. The van der Waals surface area contributed by atoms with E-state index in [1.807, 2.05) is 0 Å². The Balaban J connectivity index is 1.77. The Hall–Kier alpha value is -1.62. The summed E-state index contributed by atoms with van der Waals surface area (Å²) in [7, 11) is 0. The maximum Gasteiger partial charge on any atom is 0.243 e. The van der Waals surface area contributed by atoms with Crippen molar-refractivity contribution in [3.05, 3.63) is 34.6 Å². The van der Waals surface area contributed by atoms with Crippen LogP contribution in [0.2, 0.25) is 5.02 Å². The molecule has 0 aromatic heterocycles. The highest BCUT2D eigenvalue weighted by molar-refractivity contribution is 6.30. The summed E-state index contributed by atoms with van der Waals surface area (Å²) in [4.78, 5) is 27.8. The third-order valence-electron chi connectivity index (χ3n) is 5.65. The molecule has 1 heterocycles. The fourth-order valence-electron chi connectivity index (χ4n) is 4.30. The highest BCUT2D eigenvalue weighted by Gasteiger charge is 2.50. The first-order valence-electron chi connectivity index (χ1n) is 10.2. The van der Waals surface area contributed by atoms with E-state index < -0.39 is 6.04 Å². The standard InChI is InChI=1S/C22H30ClFN2O2/c1-12(2)7-15-11-26(20(8-13(3)4)21(27)25-15)22(28)18-10-17(18)16-6-5-14(23)9-19(16)24/h5-6,9,12-13,15,17-18,20H,7-8,10-11H2,1-4H3,(H,25,27). The summed E-state index contributed by atoms with van der Waals surface area (Å²) in [6.07, 6.45) is 2.10. The van der Waals surface area contributed by atoms with Crippen LogP contribution in [0.1, 0.15) is 58.4 Å². The molecule has 154 valence electrons. The number of nitrogens with one attached hydrogen (secondary N) is 1. The van der Waals surface area contributed by atoms with Crippen LogP contribution in [0.3, 0.4) is 0 Å². The molecule has 1 aromatic rings. The molecule has 0 bridgehead atoms. The van der Waals surface area contributed by atoms with Crippen LogP contribution < -0.4 is 5.32 Å². The first-order valence-corrected chi connectivity index (χ1v) is 10.6. The van der Waals surface area contributed by atoms with Crippen molar-refractivity contribution in [2.45, 2.75) is 65.0 Å². The zero-order valence-corrected chi connectivity index (χ0v) is 17.8. The fraction of sp³-hybridized carbons (Fsp3) is 0.636. The van der Waals surface area contributed by atoms with E-state index in [9.17, 15) is 14.0 Å². The summed E-state index contributed by atoms with van der Waals surface area (Å²) in [5.74, 6) is -0.0888. The number of hydrogen-bond acceptors (Lipinski definition) is 2. The van der Waals surface area contributed by atoms with Crippen LogP contribution in [0.25, 0.3) is 0 Å². The van der Waals surface area contributed by atoms with Gasteiger partial charge in [0.1, 0.15) is 11.9 Å². The van der Waals surface area contributed by atoms with E-state index in [2.05, 4.69) is 33.0 Å². The van der Waals surface area contributed by atoms with Gasteiger partial charge < -0.3 is 10.2 Å². The lowest BCUT2D eigenvalue weighted by Gasteiger charge is -2.41. The molecule has 28 heavy (non-hydrogen) atoms. The lowest BCUT2D eigenvalue weighted by Crippen LogP contribution is -2.62. The fourth-order valence-corrected chi connectivity index (χ4v) is 4.46. The molecule has 4 nitrogen and oxygen atoms in total. The number of carbonyl (C=O) groups is 2. The molecule has 4 unspecified atom stereocenters. The Kier molecular flexibility index (Phi) is 6.33. The van der Waals surface area contributed by atoms with E-state index in [1.165, 1.54) is 6.07 Å².